The van der Waals surface area contributed by atoms with E-state index in [2.05, 4.69) is 25.3 Å². The molecule has 0 aliphatic rings. The average Bonchev–Trinajstić information content (AvgIpc) is 3.07. The first-order valence-corrected chi connectivity index (χ1v) is 12.4. The zero-order valence-electron chi connectivity index (χ0n) is 22.9. The molecular formula is C30H8F4N13+. The van der Waals surface area contributed by atoms with Crippen LogP contribution < -0.4 is 27.3 Å². The van der Waals surface area contributed by atoms with Gasteiger partial charge in [0.2, 0.25) is 0 Å². The second-order valence-corrected chi connectivity index (χ2v) is 9.18. The maximum absolute atomic E-state index is 14.9. The van der Waals surface area contributed by atoms with E-state index in [1.807, 2.05) is 24.3 Å². The van der Waals surface area contributed by atoms with E-state index in [9.17, 15) is 38.6 Å². The van der Waals surface area contributed by atoms with Gasteiger partial charge in [-0.05, 0) is 23.6 Å². The van der Waals surface area contributed by atoms with Gasteiger partial charge in [0.15, 0.2) is 40.2 Å². The highest BCUT2D eigenvalue weighted by Crippen LogP contribution is 2.37. The topological polar surface area (TPSA) is 250 Å². The molecule has 0 amide bonds. The van der Waals surface area contributed by atoms with E-state index in [1.54, 1.807) is 0 Å². The molecule has 0 saturated heterocycles. The van der Waals surface area contributed by atoms with Gasteiger partial charge in [-0.2, -0.15) is 31.6 Å². The van der Waals surface area contributed by atoms with Crippen LogP contribution in [-0.4, -0.2) is 15.0 Å². The SMILES string of the molecule is N#CC(C#N)=c1c(F)c(F)c(=C(C#N)C#[N+]Nc2cc3c4cc(C#N)c(N)nc4c4nc(N)c(C#N)cc4c3nc2C#N)c(F)c1F. The maximum atomic E-state index is 14.9. The average molecular weight is 626 g/mol. The molecule has 5 rings (SSSR count). The number of nitrogen functional groups attached to an aromatic ring is 2. The van der Waals surface area contributed by atoms with Crippen LogP contribution in [0.1, 0.15) is 16.8 Å². The lowest BCUT2D eigenvalue weighted by Gasteiger charge is -2.12. The van der Waals surface area contributed by atoms with Gasteiger partial charge in [0.25, 0.3) is 0 Å². The lowest BCUT2D eigenvalue weighted by Crippen LogP contribution is -2.31. The number of rotatable bonds is 1. The number of nitriles is 6. The van der Waals surface area contributed by atoms with Gasteiger partial charge < -0.3 is 11.5 Å². The third-order valence-corrected chi connectivity index (χ3v) is 6.69. The zero-order valence-corrected chi connectivity index (χ0v) is 22.9. The second-order valence-electron chi connectivity index (χ2n) is 9.18. The Balaban J connectivity index is 1.80. The van der Waals surface area contributed by atoms with Crippen molar-refractivity contribution in [1.29, 1.82) is 31.6 Å². The Morgan fingerprint density at radius 3 is 1.57 bits per heavy atom. The largest absolute Gasteiger partial charge is 0.383 e. The monoisotopic (exact) mass is 626 g/mol. The normalized spacial score (nSPS) is 10.0. The van der Waals surface area contributed by atoms with E-state index in [-0.39, 0.29) is 66.9 Å². The Kier molecular flexibility index (Phi) is 7.49. The summed E-state index contributed by atoms with van der Waals surface area (Å²) >= 11 is 0. The van der Waals surface area contributed by atoms with Gasteiger partial charge in [-0.25, -0.2) is 32.5 Å². The van der Waals surface area contributed by atoms with Crippen LogP contribution in [0.3, 0.4) is 0 Å². The molecular weight excluding hydrogens is 618 g/mol. The van der Waals surface area contributed by atoms with Crippen LogP contribution in [0, 0.1) is 97.3 Å². The Hall–Kier alpha value is -8.04. The summed E-state index contributed by atoms with van der Waals surface area (Å²) in [5.74, 6) is -8.68. The number of nitrogens with zero attached hydrogens (tertiary/aromatic N) is 10. The molecule has 3 aromatic heterocycles. The molecule has 17 heteroatoms. The van der Waals surface area contributed by atoms with E-state index in [4.69, 9.17) is 22.0 Å². The molecule has 220 valence electrons. The van der Waals surface area contributed by atoms with Crippen molar-refractivity contribution < 1.29 is 17.6 Å². The van der Waals surface area contributed by atoms with Gasteiger partial charge in [-0.1, -0.05) is 0 Å². The van der Waals surface area contributed by atoms with Crippen LogP contribution in [0.5, 0.6) is 0 Å². The van der Waals surface area contributed by atoms with E-state index < -0.39 is 44.9 Å². The molecule has 0 bridgehead atoms. The van der Waals surface area contributed by atoms with Gasteiger partial charge in [-0.15, -0.1) is 0 Å². The number of pyridine rings is 3. The Morgan fingerprint density at radius 1 is 0.617 bits per heavy atom. The van der Waals surface area contributed by atoms with E-state index >= 15 is 0 Å². The first-order chi connectivity index (χ1) is 22.5. The van der Waals surface area contributed by atoms with Gasteiger partial charge >= 0.3 is 6.07 Å². The fraction of sp³-hybridized carbons (Fsp3) is 0. The Bertz CT molecular complexity index is 2710. The quantitative estimate of drug-likeness (QED) is 0.105. The van der Waals surface area contributed by atoms with Crippen LogP contribution >= 0.6 is 0 Å². The highest BCUT2D eigenvalue weighted by molar-refractivity contribution is 6.23. The van der Waals surface area contributed by atoms with Crippen LogP contribution in [-0.2, 0) is 0 Å². The molecule has 5 N–H and O–H groups in total. The number of hydrogen-bond acceptors (Lipinski definition) is 12. The Morgan fingerprint density at radius 2 is 1.09 bits per heavy atom. The number of aromatic nitrogens is 3. The molecule has 13 nitrogen and oxygen atoms in total. The van der Waals surface area contributed by atoms with Crippen molar-refractivity contribution in [2.75, 3.05) is 16.9 Å². The second kappa shape index (κ2) is 11.6. The summed E-state index contributed by atoms with van der Waals surface area (Å²) in [5, 5.41) is 53.8. The first-order valence-electron chi connectivity index (χ1n) is 12.4. The minimum absolute atomic E-state index is 0.0178. The fourth-order valence-electron chi connectivity index (χ4n) is 4.56. The van der Waals surface area contributed by atoms with Crippen molar-refractivity contribution >= 4 is 61.2 Å². The summed E-state index contributed by atoms with van der Waals surface area (Å²) in [7, 11) is 0. The molecule has 0 atom stereocenters. The van der Waals surface area contributed by atoms with Gasteiger partial charge in [-0.3, -0.25) is 0 Å². The number of nitrogens with one attached hydrogen (secondary N) is 1. The summed E-state index contributed by atoms with van der Waals surface area (Å²) in [6.07, 6.45) is 0. The van der Waals surface area contributed by atoms with Crippen molar-refractivity contribution in [2.45, 2.75) is 0 Å². The molecule has 2 aromatic carbocycles. The molecule has 0 saturated carbocycles. The maximum Gasteiger partial charge on any atom is 0.370 e. The standard InChI is InChI=1S/C30H7F4N13/c31-22-20(13(6-37)7-38)23(32)25(34)21(24(22)33)14(8-39)10-43-47-18-3-16-15-1-11(4-35)29(41)45-27(15)28-17(26(16)44-19(18)9-40)2-12(5-36)30(42)46-28/h1-3,37,42H,(H2,41,45,47)/p+1. The first kappa shape index (κ1) is 30.4. The number of halogens is 4. The van der Waals surface area contributed by atoms with Crippen molar-refractivity contribution in [3.8, 4) is 42.5 Å². The minimum atomic E-state index is -2.11. The lowest BCUT2D eigenvalue weighted by atomic mass is 10.00. The smallest absolute Gasteiger partial charge is 0.370 e. The van der Waals surface area contributed by atoms with E-state index in [1.165, 1.54) is 24.3 Å². The molecule has 0 radical (unpaired) electrons. The molecule has 0 fully saturated rings. The number of anilines is 3. The molecule has 0 unspecified atom stereocenters. The minimum Gasteiger partial charge on any atom is -0.383 e. The van der Waals surface area contributed by atoms with E-state index in [0.29, 0.717) is 0 Å². The summed E-state index contributed by atoms with van der Waals surface area (Å²) in [6, 6.07) is 15.1. The predicted octanol–water partition coefficient (Wildman–Crippen LogP) is 2.90. The van der Waals surface area contributed by atoms with Gasteiger partial charge in [0.05, 0.1) is 37.6 Å². The zero-order chi connectivity index (χ0) is 34.2. The predicted molar refractivity (Wildman–Crippen MR) is 155 cm³/mol. The van der Waals surface area contributed by atoms with Crippen LogP contribution in [0.4, 0.5) is 34.9 Å². The molecule has 5 aromatic rings. The lowest BCUT2D eigenvalue weighted by molar-refractivity contribution is 0.434. The summed E-state index contributed by atoms with van der Waals surface area (Å²) in [6.45, 7) is 0. The summed E-state index contributed by atoms with van der Waals surface area (Å²) < 4.78 is 59.0. The summed E-state index contributed by atoms with van der Waals surface area (Å²) in [4.78, 5) is 16.4. The highest BCUT2D eigenvalue weighted by atomic mass is 19.2. The molecule has 0 aliphatic heterocycles. The number of fused-ring (bicyclic) bond motifs is 6. The van der Waals surface area contributed by atoms with Crippen LogP contribution in [0.15, 0.2) is 18.2 Å². The summed E-state index contributed by atoms with van der Waals surface area (Å²) in [5.41, 5.74) is 11.6. The van der Waals surface area contributed by atoms with Gasteiger partial charge in [0, 0.05) is 16.2 Å². The van der Waals surface area contributed by atoms with E-state index in [0.717, 1.165) is 12.1 Å². The van der Waals surface area contributed by atoms with Gasteiger partial charge in [0.1, 0.15) is 59.1 Å². The van der Waals surface area contributed by atoms with Crippen molar-refractivity contribution in [1.82, 2.24) is 15.0 Å². The molecule has 0 aliphatic carbocycles. The fourth-order valence-corrected chi connectivity index (χ4v) is 4.56. The van der Waals surface area contributed by atoms with Crippen LogP contribution in [0.2, 0.25) is 0 Å². The molecule has 47 heavy (non-hydrogen) atoms. The third-order valence-electron chi connectivity index (χ3n) is 6.69. The Labute approximate surface area is 258 Å². The van der Waals surface area contributed by atoms with Crippen molar-refractivity contribution in [2.24, 2.45) is 0 Å². The van der Waals surface area contributed by atoms with Crippen LogP contribution in [0.25, 0.3) is 48.8 Å². The molecule has 0 spiro atoms. The number of benzene rings is 2. The molecule has 3 heterocycles. The third kappa shape index (κ3) is 4.72. The highest BCUT2D eigenvalue weighted by Gasteiger charge is 2.24. The number of nitrogens with two attached hydrogens (primary N) is 2. The number of hydrogen-bond donors (Lipinski definition) is 3. The van der Waals surface area contributed by atoms with Crippen molar-refractivity contribution in [3.05, 3.63) is 73.7 Å². The van der Waals surface area contributed by atoms with Crippen molar-refractivity contribution in [3.63, 3.8) is 0 Å².